The molecule has 0 bridgehead atoms. The number of nitrogens with zero attached hydrogens (tertiary/aromatic N) is 3. The molecule has 5 heteroatoms. The van der Waals surface area contributed by atoms with E-state index >= 15 is 0 Å². The van der Waals surface area contributed by atoms with Crippen molar-refractivity contribution in [1.29, 1.82) is 0 Å². The Balaban J connectivity index is 2.61. The van der Waals surface area contributed by atoms with Gasteiger partial charge in [-0.05, 0) is 66.9 Å². The van der Waals surface area contributed by atoms with Gasteiger partial charge in [0.15, 0.2) is 0 Å². The number of hydrogen-bond donors (Lipinski definition) is 1. The van der Waals surface area contributed by atoms with Crippen molar-refractivity contribution in [3.63, 3.8) is 0 Å². The molecule has 0 aliphatic heterocycles. The Bertz CT molecular complexity index is 606. The van der Waals surface area contributed by atoms with E-state index in [4.69, 9.17) is 0 Å². The van der Waals surface area contributed by atoms with Gasteiger partial charge in [0, 0.05) is 4.47 Å². The van der Waals surface area contributed by atoms with E-state index in [2.05, 4.69) is 71.4 Å². The Morgan fingerprint density at radius 1 is 1.29 bits per heavy atom. The number of nitrogens with one attached hydrogen (secondary N) is 1. The minimum absolute atomic E-state index is 0.248. The summed E-state index contributed by atoms with van der Waals surface area (Å²) in [5, 5.41) is 12.2. The summed E-state index contributed by atoms with van der Waals surface area (Å²) in [7, 11) is 1.97. The average molecular weight is 351 g/mol. The maximum absolute atomic E-state index is 4.44. The number of hydrogen-bond acceptors (Lipinski definition) is 3. The molecule has 1 unspecified atom stereocenters. The second-order valence-electron chi connectivity index (χ2n) is 5.35. The Kier molecular flexibility index (Phi) is 5.17. The molecule has 0 aliphatic rings. The van der Waals surface area contributed by atoms with E-state index in [1.54, 1.807) is 0 Å². The third kappa shape index (κ3) is 3.04. The molecule has 1 atom stereocenters. The number of aromatic nitrogens is 3. The van der Waals surface area contributed by atoms with Crippen LogP contribution in [-0.2, 0) is 6.42 Å². The van der Waals surface area contributed by atoms with Crippen molar-refractivity contribution in [2.45, 2.75) is 46.6 Å². The molecule has 0 radical (unpaired) electrons. The van der Waals surface area contributed by atoms with E-state index in [1.165, 1.54) is 16.8 Å². The van der Waals surface area contributed by atoms with Crippen molar-refractivity contribution in [3.05, 3.63) is 39.1 Å². The summed E-state index contributed by atoms with van der Waals surface area (Å²) in [6.07, 6.45) is 1.90. The van der Waals surface area contributed by atoms with Crippen molar-refractivity contribution in [1.82, 2.24) is 20.3 Å². The van der Waals surface area contributed by atoms with E-state index in [1.807, 2.05) is 11.7 Å². The van der Waals surface area contributed by atoms with Crippen LogP contribution in [0.25, 0.3) is 5.69 Å². The van der Waals surface area contributed by atoms with Crippen molar-refractivity contribution >= 4 is 15.9 Å². The second-order valence-corrected chi connectivity index (χ2v) is 6.20. The van der Waals surface area contributed by atoms with Crippen molar-refractivity contribution < 1.29 is 0 Å². The molecule has 0 fully saturated rings. The van der Waals surface area contributed by atoms with E-state index < -0.39 is 0 Å². The maximum atomic E-state index is 4.44. The molecule has 2 aromatic rings. The van der Waals surface area contributed by atoms with Crippen LogP contribution in [0.3, 0.4) is 0 Å². The molecule has 0 spiro atoms. The molecule has 114 valence electrons. The van der Waals surface area contributed by atoms with Crippen LogP contribution >= 0.6 is 15.9 Å². The van der Waals surface area contributed by atoms with Gasteiger partial charge in [-0.2, -0.15) is 0 Å². The average Bonchev–Trinajstić information content (AvgIpc) is 2.83. The molecule has 0 amide bonds. The second kappa shape index (κ2) is 6.71. The van der Waals surface area contributed by atoms with E-state index in [0.29, 0.717) is 0 Å². The van der Waals surface area contributed by atoms with Gasteiger partial charge in [-0.25, -0.2) is 4.68 Å². The number of rotatable bonds is 5. The van der Waals surface area contributed by atoms with Crippen LogP contribution in [0.5, 0.6) is 0 Å². The van der Waals surface area contributed by atoms with Gasteiger partial charge in [0.2, 0.25) is 0 Å². The quantitative estimate of drug-likeness (QED) is 0.889. The fraction of sp³-hybridized carbons (Fsp3) is 0.500. The summed E-state index contributed by atoms with van der Waals surface area (Å²) >= 11 is 3.67. The lowest BCUT2D eigenvalue weighted by Gasteiger charge is -2.15. The van der Waals surface area contributed by atoms with Gasteiger partial charge in [-0.1, -0.05) is 25.1 Å². The summed E-state index contributed by atoms with van der Waals surface area (Å²) in [5.74, 6) is 0. The van der Waals surface area contributed by atoms with Crippen molar-refractivity contribution in [3.8, 4) is 5.69 Å². The SMILES string of the molecule is CCc1c(C(CC)NC)nnn1-c1c(C)cc(C)cc1Br. The molecule has 21 heavy (non-hydrogen) atoms. The van der Waals surface area contributed by atoms with Crippen LogP contribution in [0.2, 0.25) is 0 Å². The van der Waals surface area contributed by atoms with Gasteiger partial charge in [0.05, 0.1) is 17.4 Å². The molecule has 1 aromatic heterocycles. The minimum atomic E-state index is 0.248. The van der Waals surface area contributed by atoms with Gasteiger partial charge < -0.3 is 5.32 Å². The molecule has 0 aliphatic carbocycles. The molecular weight excluding hydrogens is 328 g/mol. The molecule has 0 saturated carbocycles. The van der Waals surface area contributed by atoms with Crippen molar-refractivity contribution in [2.75, 3.05) is 7.05 Å². The number of halogens is 1. The summed E-state index contributed by atoms with van der Waals surface area (Å²) in [4.78, 5) is 0. The van der Waals surface area contributed by atoms with Crippen LogP contribution in [-0.4, -0.2) is 22.0 Å². The topological polar surface area (TPSA) is 42.7 Å². The highest BCUT2D eigenvalue weighted by atomic mass is 79.9. The molecule has 1 N–H and O–H groups in total. The van der Waals surface area contributed by atoms with Crippen LogP contribution in [0, 0.1) is 13.8 Å². The van der Waals surface area contributed by atoms with Gasteiger partial charge >= 0.3 is 0 Å². The fourth-order valence-corrected chi connectivity index (χ4v) is 3.65. The Labute approximate surface area is 135 Å². The summed E-state index contributed by atoms with van der Waals surface area (Å²) in [5.41, 5.74) is 5.74. The maximum Gasteiger partial charge on any atom is 0.103 e. The van der Waals surface area contributed by atoms with Crippen LogP contribution in [0.4, 0.5) is 0 Å². The lowest BCUT2D eigenvalue weighted by atomic mass is 10.1. The molecular formula is C16H23BrN4. The number of aryl methyl sites for hydroxylation is 2. The van der Waals surface area contributed by atoms with Gasteiger partial charge in [0.1, 0.15) is 5.69 Å². The highest BCUT2D eigenvalue weighted by Crippen LogP contribution is 2.29. The minimum Gasteiger partial charge on any atom is -0.312 e. The predicted octanol–water partition coefficient (Wildman–Crippen LogP) is 3.88. The zero-order chi connectivity index (χ0) is 15.6. The Morgan fingerprint density at radius 3 is 2.52 bits per heavy atom. The first-order chi connectivity index (χ1) is 10.0. The first-order valence-corrected chi connectivity index (χ1v) is 8.21. The van der Waals surface area contributed by atoms with Gasteiger partial charge in [-0.3, -0.25) is 0 Å². The third-order valence-electron chi connectivity index (χ3n) is 3.83. The fourth-order valence-electron chi connectivity index (χ4n) is 2.81. The lowest BCUT2D eigenvalue weighted by Crippen LogP contribution is -2.17. The van der Waals surface area contributed by atoms with E-state index in [0.717, 1.165) is 28.7 Å². The van der Waals surface area contributed by atoms with Crippen LogP contribution < -0.4 is 5.32 Å². The smallest absolute Gasteiger partial charge is 0.103 e. The zero-order valence-corrected chi connectivity index (χ0v) is 15.0. The molecule has 4 nitrogen and oxygen atoms in total. The Hall–Kier alpha value is -1.20. The van der Waals surface area contributed by atoms with E-state index in [9.17, 15) is 0 Å². The monoisotopic (exact) mass is 350 g/mol. The summed E-state index contributed by atoms with van der Waals surface area (Å²) < 4.78 is 3.04. The lowest BCUT2D eigenvalue weighted by molar-refractivity contribution is 0.555. The highest BCUT2D eigenvalue weighted by Gasteiger charge is 2.21. The summed E-state index contributed by atoms with van der Waals surface area (Å²) in [6, 6.07) is 4.55. The normalized spacial score (nSPS) is 12.7. The highest BCUT2D eigenvalue weighted by molar-refractivity contribution is 9.10. The molecule has 2 rings (SSSR count). The molecule has 1 heterocycles. The van der Waals surface area contributed by atoms with Crippen molar-refractivity contribution in [2.24, 2.45) is 0 Å². The van der Waals surface area contributed by atoms with Gasteiger partial charge in [0.25, 0.3) is 0 Å². The summed E-state index contributed by atoms with van der Waals surface area (Å²) in [6.45, 7) is 8.53. The Morgan fingerprint density at radius 2 is 2.00 bits per heavy atom. The van der Waals surface area contributed by atoms with Gasteiger partial charge in [-0.15, -0.1) is 5.10 Å². The predicted molar refractivity (Wildman–Crippen MR) is 90.0 cm³/mol. The first-order valence-electron chi connectivity index (χ1n) is 7.42. The zero-order valence-electron chi connectivity index (χ0n) is 13.4. The third-order valence-corrected chi connectivity index (χ3v) is 4.43. The van der Waals surface area contributed by atoms with Crippen LogP contribution in [0.15, 0.2) is 16.6 Å². The van der Waals surface area contributed by atoms with E-state index in [-0.39, 0.29) is 6.04 Å². The van der Waals surface area contributed by atoms with Crippen LogP contribution in [0.1, 0.15) is 48.8 Å². The molecule has 1 aromatic carbocycles. The molecule has 0 saturated heterocycles. The number of benzene rings is 1. The largest absolute Gasteiger partial charge is 0.312 e. The first kappa shape index (κ1) is 16.2. The standard InChI is InChI=1S/C16H23BrN4/c1-6-13(18-5)15-14(7-2)21(20-19-15)16-11(4)8-10(3)9-12(16)17/h8-9,13,18H,6-7H2,1-5H3.